The van der Waals surface area contributed by atoms with E-state index in [0.717, 1.165) is 13.0 Å². The number of piperidine rings is 1. The molecule has 0 aliphatic carbocycles. The van der Waals surface area contributed by atoms with E-state index >= 15 is 0 Å². The van der Waals surface area contributed by atoms with Crippen LogP contribution in [0.2, 0.25) is 0 Å². The van der Waals surface area contributed by atoms with Crippen LogP contribution in [0.1, 0.15) is 47.0 Å². The monoisotopic (exact) mass is 283 g/mol. The Morgan fingerprint density at radius 2 is 2.00 bits per heavy atom. The van der Waals surface area contributed by atoms with E-state index in [4.69, 9.17) is 0 Å². The summed E-state index contributed by atoms with van der Waals surface area (Å²) in [5, 5.41) is 8.99. The van der Waals surface area contributed by atoms with E-state index < -0.39 is 6.04 Å². The first-order valence-electron chi connectivity index (χ1n) is 7.70. The van der Waals surface area contributed by atoms with Crippen LogP contribution in [0.25, 0.3) is 0 Å². The molecule has 3 unspecified atom stereocenters. The Labute approximate surface area is 122 Å². The van der Waals surface area contributed by atoms with Crippen molar-refractivity contribution in [3.05, 3.63) is 0 Å². The molecular formula is C15H29N3O2. The summed E-state index contributed by atoms with van der Waals surface area (Å²) in [5.41, 5.74) is 0. The third-order valence-electron chi connectivity index (χ3n) is 3.79. The third kappa shape index (κ3) is 5.90. The van der Waals surface area contributed by atoms with Gasteiger partial charge in [0.1, 0.15) is 6.04 Å². The van der Waals surface area contributed by atoms with Crippen molar-refractivity contribution in [3.63, 3.8) is 0 Å². The van der Waals surface area contributed by atoms with Gasteiger partial charge in [-0.1, -0.05) is 20.8 Å². The van der Waals surface area contributed by atoms with E-state index in [1.807, 2.05) is 13.8 Å². The Hall–Kier alpha value is -1.10. The zero-order valence-corrected chi connectivity index (χ0v) is 13.2. The minimum Gasteiger partial charge on any atom is -0.354 e. The molecule has 0 bridgehead atoms. The molecule has 2 amide bonds. The van der Waals surface area contributed by atoms with Crippen molar-refractivity contribution in [3.8, 4) is 0 Å². The highest BCUT2D eigenvalue weighted by Gasteiger charge is 2.24. The largest absolute Gasteiger partial charge is 0.354 e. The van der Waals surface area contributed by atoms with Gasteiger partial charge in [-0.3, -0.25) is 9.59 Å². The van der Waals surface area contributed by atoms with Gasteiger partial charge in [0.05, 0.1) is 0 Å². The summed E-state index contributed by atoms with van der Waals surface area (Å²) in [6.07, 6.45) is 2.78. The maximum Gasteiger partial charge on any atom is 0.242 e. The van der Waals surface area contributed by atoms with Crippen molar-refractivity contribution < 1.29 is 9.59 Å². The van der Waals surface area contributed by atoms with Crippen molar-refractivity contribution in [2.45, 2.75) is 59.0 Å². The van der Waals surface area contributed by atoms with Gasteiger partial charge in [0.15, 0.2) is 0 Å². The van der Waals surface area contributed by atoms with Crippen LogP contribution < -0.4 is 16.0 Å². The van der Waals surface area contributed by atoms with Gasteiger partial charge in [-0.2, -0.15) is 0 Å². The highest BCUT2D eigenvalue weighted by Crippen LogP contribution is 2.17. The molecule has 116 valence electrons. The quantitative estimate of drug-likeness (QED) is 0.682. The highest BCUT2D eigenvalue weighted by molar-refractivity contribution is 5.87. The maximum atomic E-state index is 12.0. The first-order chi connectivity index (χ1) is 9.40. The van der Waals surface area contributed by atoms with Gasteiger partial charge in [-0.25, -0.2) is 0 Å². The SMILES string of the molecule is CC(C)CNC(=O)C(C)NC(=O)CC1NCCCC1C. The summed E-state index contributed by atoms with van der Waals surface area (Å²) in [4.78, 5) is 23.8. The van der Waals surface area contributed by atoms with E-state index in [1.54, 1.807) is 6.92 Å². The van der Waals surface area contributed by atoms with Gasteiger partial charge < -0.3 is 16.0 Å². The number of nitrogens with one attached hydrogen (secondary N) is 3. The second-order valence-electron chi connectivity index (χ2n) is 6.31. The van der Waals surface area contributed by atoms with E-state index in [1.165, 1.54) is 6.42 Å². The van der Waals surface area contributed by atoms with Crippen molar-refractivity contribution >= 4 is 11.8 Å². The number of amides is 2. The molecule has 5 heteroatoms. The molecule has 0 aromatic rings. The van der Waals surface area contributed by atoms with Crippen LogP contribution in [0.15, 0.2) is 0 Å². The minimum absolute atomic E-state index is 0.0524. The van der Waals surface area contributed by atoms with Gasteiger partial charge in [0, 0.05) is 19.0 Å². The molecule has 0 spiro atoms. The summed E-state index contributed by atoms with van der Waals surface area (Å²) in [6, 6.07) is -0.241. The number of hydrogen-bond acceptors (Lipinski definition) is 3. The summed E-state index contributed by atoms with van der Waals surface area (Å²) in [6.45, 7) is 9.60. The Kier molecular flexibility index (Phi) is 6.99. The fourth-order valence-electron chi connectivity index (χ4n) is 2.41. The Balaban J connectivity index is 2.31. The smallest absolute Gasteiger partial charge is 0.242 e. The second kappa shape index (κ2) is 8.25. The summed E-state index contributed by atoms with van der Waals surface area (Å²) in [7, 11) is 0. The van der Waals surface area contributed by atoms with Crippen LogP contribution in [0, 0.1) is 11.8 Å². The number of rotatable bonds is 6. The molecular weight excluding hydrogens is 254 g/mol. The fraction of sp³-hybridized carbons (Fsp3) is 0.867. The fourth-order valence-corrected chi connectivity index (χ4v) is 2.41. The molecule has 1 fully saturated rings. The van der Waals surface area contributed by atoms with Gasteiger partial charge in [0.25, 0.3) is 0 Å². The zero-order chi connectivity index (χ0) is 15.1. The molecule has 5 nitrogen and oxygen atoms in total. The molecule has 0 saturated carbocycles. The molecule has 1 heterocycles. The molecule has 3 atom stereocenters. The highest BCUT2D eigenvalue weighted by atomic mass is 16.2. The standard InChI is InChI=1S/C15H29N3O2/c1-10(2)9-17-15(20)12(4)18-14(19)8-13-11(3)6-5-7-16-13/h10-13,16H,5-9H2,1-4H3,(H,17,20)(H,18,19). The van der Waals surface area contributed by atoms with Crippen LogP contribution >= 0.6 is 0 Å². The van der Waals surface area contributed by atoms with Crippen molar-refractivity contribution in [1.29, 1.82) is 0 Å². The minimum atomic E-state index is -0.472. The van der Waals surface area contributed by atoms with Gasteiger partial charge in [-0.15, -0.1) is 0 Å². The molecule has 3 N–H and O–H groups in total. The summed E-state index contributed by atoms with van der Waals surface area (Å²) >= 11 is 0. The zero-order valence-electron chi connectivity index (χ0n) is 13.2. The average Bonchev–Trinajstić information content (AvgIpc) is 2.38. The molecule has 0 radical (unpaired) electrons. The van der Waals surface area contributed by atoms with Crippen LogP contribution in [-0.2, 0) is 9.59 Å². The predicted octanol–water partition coefficient (Wildman–Crippen LogP) is 1.04. The lowest BCUT2D eigenvalue weighted by Gasteiger charge is -2.30. The number of hydrogen-bond donors (Lipinski definition) is 3. The lowest BCUT2D eigenvalue weighted by molar-refractivity contribution is -0.129. The molecule has 1 rings (SSSR count). The number of carbonyl (C=O) groups excluding carboxylic acids is 2. The topological polar surface area (TPSA) is 70.2 Å². The second-order valence-corrected chi connectivity index (χ2v) is 6.31. The normalized spacial score (nSPS) is 24.2. The van der Waals surface area contributed by atoms with E-state index in [-0.39, 0.29) is 17.9 Å². The Bertz CT molecular complexity index is 331. The van der Waals surface area contributed by atoms with E-state index in [9.17, 15) is 9.59 Å². The summed E-state index contributed by atoms with van der Waals surface area (Å²) in [5.74, 6) is 0.758. The first-order valence-corrected chi connectivity index (χ1v) is 7.70. The van der Waals surface area contributed by atoms with Gasteiger partial charge in [-0.05, 0) is 38.1 Å². The van der Waals surface area contributed by atoms with Gasteiger partial charge in [0.2, 0.25) is 11.8 Å². The van der Waals surface area contributed by atoms with Crippen LogP contribution in [0.3, 0.4) is 0 Å². The summed E-state index contributed by atoms with van der Waals surface area (Å²) < 4.78 is 0. The lowest BCUT2D eigenvalue weighted by Crippen LogP contribution is -2.48. The first kappa shape index (κ1) is 17.0. The molecule has 1 saturated heterocycles. The van der Waals surface area contributed by atoms with Gasteiger partial charge >= 0.3 is 0 Å². The van der Waals surface area contributed by atoms with Crippen LogP contribution in [0.5, 0.6) is 0 Å². The van der Waals surface area contributed by atoms with E-state index in [0.29, 0.717) is 24.8 Å². The Morgan fingerprint density at radius 1 is 1.30 bits per heavy atom. The van der Waals surface area contributed by atoms with Crippen molar-refractivity contribution in [2.75, 3.05) is 13.1 Å². The van der Waals surface area contributed by atoms with Crippen molar-refractivity contribution in [2.24, 2.45) is 11.8 Å². The third-order valence-corrected chi connectivity index (χ3v) is 3.79. The van der Waals surface area contributed by atoms with E-state index in [2.05, 4.69) is 22.9 Å². The molecule has 1 aliphatic heterocycles. The molecule has 0 aromatic carbocycles. The van der Waals surface area contributed by atoms with Crippen LogP contribution in [-0.4, -0.2) is 37.0 Å². The average molecular weight is 283 g/mol. The number of carbonyl (C=O) groups is 2. The van der Waals surface area contributed by atoms with Crippen molar-refractivity contribution in [1.82, 2.24) is 16.0 Å². The molecule has 1 aliphatic rings. The Morgan fingerprint density at radius 3 is 2.60 bits per heavy atom. The molecule has 0 aromatic heterocycles. The maximum absolute atomic E-state index is 12.0. The lowest BCUT2D eigenvalue weighted by atomic mass is 9.90. The molecule has 20 heavy (non-hydrogen) atoms. The van der Waals surface area contributed by atoms with Crippen LogP contribution in [0.4, 0.5) is 0 Å². The predicted molar refractivity (Wildman–Crippen MR) is 80.3 cm³/mol.